The van der Waals surface area contributed by atoms with Crippen LogP contribution in [0, 0.1) is 0 Å². The molecule has 1 aromatic carbocycles. The average molecular weight is 445 g/mol. The van der Waals surface area contributed by atoms with Gasteiger partial charge in [0.15, 0.2) is 5.69 Å². The van der Waals surface area contributed by atoms with Crippen LogP contribution in [0.1, 0.15) is 34.9 Å². The molecular formula is C23H23N7O3. The first-order chi connectivity index (χ1) is 15.9. The fourth-order valence-electron chi connectivity index (χ4n) is 4.31. The minimum Gasteiger partial charge on any atom is -0.347 e. The highest BCUT2D eigenvalue weighted by molar-refractivity contribution is 6.04. The predicted molar refractivity (Wildman–Crippen MR) is 125 cm³/mol. The molecule has 0 spiro atoms. The third-order valence-electron chi connectivity index (χ3n) is 6.12. The molecule has 0 radical (unpaired) electrons. The highest BCUT2D eigenvalue weighted by Gasteiger charge is 2.27. The largest absolute Gasteiger partial charge is 0.347 e. The van der Waals surface area contributed by atoms with E-state index in [0.29, 0.717) is 53.6 Å². The molecule has 5 rings (SSSR count). The van der Waals surface area contributed by atoms with Crippen LogP contribution in [-0.2, 0) is 0 Å². The summed E-state index contributed by atoms with van der Waals surface area (Å²) in [6.45, 7) is 1.04. The fraction of sp³-hybridized carbons (Fsp3) is 0.304. The summed E-state index contributed by atoms with van der Waals surface area (Å²) in [7, 11) is 3.70. The van der Waals surface area contributed by atoms with Crippen molar-refractivity contribution in [3.8, 4) is 0 Å². The zero-order valence-corrected chi connectivity index (χ0v) is 18.3. The predicted octanol–water partition coefficient (Wildman–Crippen LogP) is 1.64. The van der Waals surface area contributed by atoms with Crippen LogP contribution in [0.25, 0.3) is 21.7 Å². The normalized spacial score (nSPS) is 14.7. The quantitative estimate of drug-likeness (QED) is 0.491. The number of nitrogens with zero attached hydrogens (tertiary/aromatic N) is 5. The number of anilines is 1. The Morgan fingerprint density at radius 2 is 1.79 bits per heavy atom. The maximum atomic E-state index is 13.2. The highest BCUT2D eigenvalue weighted by Crippen LogP contribution is 2.28. The topological polar surface area (TPSA) is 128 Å². The van der Waals surface area contributed by atoms with Gasteiger partial charge in [-0.05, 0) is 25.0 Å². The highest BCUT2D eigenvalue weighted by atomic mass is 16.2. The molecule has 0 aliphatic carbocycles. The summed E-state index contributed by atoms with van der Waals surface area (Å²) >= 11 is 0. The lowest BCUT2D eigenvalue weighted by Gasteiger charge is -2.32. The van der Waals surface area contributed by atoms with Crippen LogP contribution in [0.5, 0.6) is 0 Å². The van der Waals surface area contributed by atoms with E-state index in [1.807, 2.05) is 20.2 Å². The summed E-state index contributed by atoms with van der Waals surface area (Å²) in [4.78, 5) is 53.0. The molecule has 33 heavy (non-hydrogen) atoms. The van der Waals surface area contributed by atoms with E-state index in [1.165, 1.54) is 0 Å². The number of pyridine rings is 1. The second kappa shape index (κ2) is 8.12. The minimum atomic E-state index is -0.317. The molecule has 1 fully saturated rings. The number of likely N-dealkylation sites (tertiary alicyclic amines) is 1. The van der Waals surface area contributed by atoms with E-state index in [9.17, 15) is 14.4 Å². The standard InChI is InChI=1S/C23H23N7O3/c1-29(2)23-24-12-16-18(26-23)11-17(25-20(16)31)13-7-9-30(10-8-13)22(33)19-14-5-3-4-6-15(14)21(32)28-27-19/h3-6,11-13H,7-10H2,1-2H3,(H,25,31)(H,28,32). The van der Waals surface area contributed by atoms with Crippen molar-refractivity contribution in [2.24, 2.45) is 0 Å². The molecule has 168 valence electrons. The molecule has 1 aliphatic rings. The number of hydrogen-bond acceptors (Lipinski definition) is 7. The van der Waals surface area contributed by atoms with Gasteiger partial charge in [-0.1, -0.05) is 18.2 Å². The van der Waals surface area contributed by atoms with E-state index in [1.54, 1.807) is 40.3 Å². The minimum absolute atomic E-state index is 0.101. The SMILES string of the molecule is CN(C)c1ncc2c(=O)[nH]c(C3CCN(C(=O)c4n[nH]c(=O)c5ccccc45)CC3)cc2n1. The number of hydrogen-bond donors (Lipinski definition) is 2. The van der Waals surface area contributed by atoms with Crippen LogP contribution < -0.4 is 16.0 Å². The van der Waals surface area contributed by atoms with Gasteiger partial charge < -0.3 is 14.8 Å². The second-order valence-corrected chi connectivity index (χ2v) is 8.43. The van der Waals surface area contributed by atoms with Crippen LogP contribution >= 0.6 is 0 Å². The smallest absolute Gasteiger partial charge is 0.274 e. The number of nitrogens with one attached hydrogen (secondary N) is 2. The Morgan fingerprint density at radius 1 is 1.06 bits per heavy atom. The monoisotopic (exact) mass is 445 g/mol. The van der Waals surface area contributed by atoms with Crippen LogP contribution in [0.15, 0.2) is 46.1 Å². The van der Waals surface area contributed by atoms with E-state index >= 15 is 0 Å². The number of aromatic nitrogens is 5. The second-order valence-electron chi connectivity index (χ2n) is 8.43. The molecule has 0 unspecified atom stereocenters. The van der Waals surface area contributed by atoms with Gasteiger partial charge >= 0.3 is 0 Å². The number of aromatic amines is 2. The summed E-state index contributed by atoms with van der Waals surface area (Å²) < 4.78 is 0. The molecule has 3 aromatic heterocycles. The summed E-state index contributed by atoms with van der Waals surface area (Å²) in [5, 5.41) is 7.90. The van der Waals surface area contributed by atoms with Gasteiger partial charge in [-0.15, -0.1) is 0 Å². The maximum absolute atomic E-state index is 13.2. The number of piperidine rings is 1. The van der Waals surface area contributed by atoms with Gasteiger partial charge in [-0.3, -0.25) is 14.4 Å². The molecule has 2 N–H and O–H groups in total. The van der Waals surface area contributed by atoms with Crippen molar-refractivity contribution >= 4 is 33.5 Å². The van der Waals surface area contributed by atoms with E-state index in [0.717, 1.165) is 5.69 Å². The molecule has 1 saturated heterocycles. The molecule has 0 atom stereocenters. The van der Waals surface area contributed by atoms with Crippen molar-refractivity contribution in [1.82, 2.24) is 30.0 Å². The number of rotatable bonds is 3. The summed E-state index contributed by atoms with van der Waals surface area (Å²) in [6, 6.07) is 8.87. The third-order valence-corrected chi connectivity index (χ3v) is 6.12. The van der Waals surface area contributed by atoms with Crippen LogP contribution in [0.3, 0.4) is 0 Å². The Bertz CT molecular complexity index is 1480. The molecular weight excluding hydrogens is 422 g/mol. The number of carbonyl (C=O) groups is 1. The first kappa shape index (κ1) is 20.8. The van der Waals surface area contributed by atoms with Gasteiger partial charge in [0, 0.05) is 50.4 Å². The zero-order chi connectivity index (χ0) is 23.1. The van der Waals surface area contributed by atoms with E-state index < -0.39 is 0 Å². The zero-order valence-electron chi connectivity index (χ0n) is 18.3. The summed E-state index contributed by atoms with van der Waals surface area (Å²) in [5.41, 5.74) is 1.14. The van der Waals surface area contributed by atoms with Crippen molar-refractivity contribution in [2.45, 2.75) is 18.8 Å². The number of fused-ring (bicyclic) bond motifs is 2. The molecule has 10 heteroatoms. The molecule has 1 aliphatic heterocycles. The lowest BCUT2D eigenvalue weighted by Crippen LogP contribution is -2.39. The average Bonchev–Trinajstić information content (AvgIpc) is 2.84. The number of carbonyl (C=O) groups excluding carboxylic acids is 1. The Labute approximate surface area is 188 Å². The van der Waals surface area contributed by atoms with E-state index in [-0.39, 0.29) is 28.6 Å². The van der Waals surface area contributed by atoms with Crippen molar-refractivity contribution < 1.29 is 4.79 Å². The summed E-state index contributed by atoms with van der Waals surface area (Å²) in [5.74, 6) is 0.431. The van der Waals surface area contributed by atoms with Gasteiger partial charge in [0.1, 0.15) is 0 Å². The van der Waals surface area contributed by atoms with E-state index in [4.69, 9.17) is 0 Å². The Morgan fingerprint density at radius 3 is 2.52 bits per heavy atom. The molecule has 0 saturated carbocycles. The van der Waals surface area contributed by atoms with Crippen molar-refractivity contribution in [3.05, 3.63) is 68.6 Å². The van der Waals surface area contributed by atoms with Crippen molar-refractivity contribution in [2.75, 3.05) is 32.1 Å². The lowest BCUT2D eigenvalue weighted by atomic mass is 9.92. The first-order valence-electron chi connectivity index (χ1n) is 10.8. The number of benzene rings is 1. The lowest BCUT2D eigenvalue weighted by molar-refractivity contribution is 0.0707. The van der Waals surface area contributed by atoms with Crippen molar-refractivity contribution in [1.29, 1.82) is 0 Å². The maximum Gasteiger partial charge on any atom is 0.274 e. The summed E-state index contributed by atoms with van der Waals surface area (Å²) in [6.07, 6.45) is 2.93. The van der Waals surface area contributed by atoms with Gasteiger partial charge in [-0.25, -0.2) is 15.1 Å². The van der Waals surface area contributed by atoms with Crippen LogP contribution in [-0.4, -0.2) is 63.1 Å². The van der Waals surface area contributed by atoms with Crippen LogP contribution in [0.2, 0.25) is 0 Å². The molecule has 1 amide bonds. The third kappa shape index (κ3) is 3.73. The molecule has 0 bridgehead atoms. The van der Waals surface area contributed by atoms with Crippen LogP contribution in [0.4, 0.5) is 5.95 Å². The van der Waals surface area contributed by atoms with Gasteiger partial charge in [0.2, 0.25) is 5.95 Å². The molecule has 10 nitrogen and oxygen atoms in total. The first-order valence-corrected chi connectivity index (χ1v) is 10.8. The number of amides is 1. The van der Waals surface area contributed by atoms with Crippen molar-refractivity contribution in [3.63, 3.8) is 0 Å². The van der Waals surface area contributed by atoms with Gasteiger partial charge in [0.25, 0.3) is 17.0 Å². The van der Waals surface area contributed by atoms with Gasteiger partial charge in [-0.2, -0.15) is 5.10 Å². The number of H-pyrrole nitrogens is 2. The Hall–Kier alpha value is -4.08. The molecule has 4 aromatic rings. The van der Waals surface area contributed by atoms with Gasteiger partial charge in [0.05, 0.1) is 16.3 Å². The fourth-order valence-corrected chi connectivity index (χ4v) is 4.31. The van der Waals surface area contributed by atoms with E-state index in [2.05, 4.69) is 25.1 Å². The Kier molecular flexibility index (Phi) is 5.12. The molecule has 4 heterocycles. The Balaban J connectivity index is 1.38.